The molecule has 0 aliphatic carbocycles. The zero-order chi connectivity index (χ0) is 11.2. The van der Waals surface area contributed by atoms with Crippen LogP contribution >= 0.6 is 38.6 Å². The maximum absolute atomic E-state index is 3.62. The smallest absolute Gasteiger partial charge is 0.0737 e. The third kappa shape index (κ3) is 1.81. The summed E-state index contributed by atoms with van der Waals surface area (Å²) in [6, 6.07) is 0. The summed E-state index contributed by atoms with van der Waals surface area (Å²) < 4.78 is 1.26. The first-order valence-electron chi connectivity index (χ1n) is 4.83. The molecule has 0 fully saturated rings. The highest BCUT2D eigenvalue weighted by Gasteiger charge is 2.15. The summed E-state index contributed by atoms with van der Waals surface area (Å²) in [5.41, 5.74) is 5.62. The lowest BCUT2D eigenvalue weighted by atomic mass is 10.1. The minimum atomic E-state index is 1.26. The maximum atomic E-state index is 3.62. The average molecular weight is 301 g/mol. The number of thiophene rings is 2. The van der Waals surface area contributed by atoms with E-state index in [9.17, 15) is 0 Å². The van der Waals surface area contributed by atoms with Gasteiger partial charge in [0.2, 0.25) is 0 Å². The molecule has 0 bridgehead atoms. The van der Waals surface area contributed by atoms with Gasteiger partial charge in [0, 0.05) is 9.75 Å². The summed E-state index contributed by atoms with van der Waals surface area (Å²) in [7, 11) is 0. The molecule has 0 atom stereocenters. The van der Waals surface area contributed by atoms with Gasteiger partial charge in [0.15, 0.2) is 0 Å². The predicted molar refractivity (Wildman–Crippen MR) is 74.3 cm³/mol. The molecular formula is C12H13BrS2. The van der Waals surface area contributed by atoms with Crippen molar-refractivity contribution in [2.24, 2.45) is 0 Å². The van der Waals surface area contributed by atoms with Crippen LogP contribution in [0.4, 0.5) is 0 Å². The molecule has 0 saturated carbocycles. The van der Waals surface area contributed by atoms with E-state index >= 15 is 0 Å². The summed E-state index contributed by atoms with van der Waals surface area (Å²) in [5, 5.41) is 2.24. The van der Waals surface area contributed by atoms with Gasteiger partial charge < -0.3 is 0 Å². The molecule has 0 aliphatic rings. The Labute approximate surface area is 107 Å². The van der Waals surface area contributed by atoms with Crippen LogP contribution in [0.15, 0.2) is 9.17 Å². The fraction of sp³-hybridized carbons (Fsp3) is 0.333. The van der Waals surface area contributed by atoms with Crippen LogP contribution in [0, 0.1) is 27.7 Å². The van der Waals surface area contributed by atoms with Gasteiger partial charge in [-0.3, -0.25) is 0 Å². The summed E-state index contributed by atoms with van der Waals surface area (Å²) in [6.45, 7) is 8.78. The lowest BCUT2D eigenvalue weighted by molar-refractivity contribution is 1.37. The Bertz CT molecular complexity index is 506. The number of aryl methyl sites for hydroxylation is 1. The third-order valence-electron chi connectivity index (χ3n) is 2.88. The van der Waals surface area contributed by atoms with Crippen LogP contribution in [0.25, 0.3) is 9.75 Å². The molecular weight excluding hydrogens is 288 g/mol. The quantitative estimate of drug-likeness (QED) is 0.655. The van der Waals surface area contributed by atoms with Crippen LogP contribution in [0.2, 0.25) is 0 Å². The summed E-state index contributed by atoms with van der Waals surface area (Å²) in [5.74, 6) is 0. The zero-order valence-electron chi connectivity index (χ0n) is 9.27. The van der Waals surface area contributed by atoms with Gasteiger partial charge in [-0.25, -0.2) is 0 Å². The van der Waals surface area contributed by atoms with Crippen molar-refractivity contribution in [3.8, 4) is 9.75 Å². The van der Waals surface area contributed by atoms with Crippen molar-refractivity contribution < 1.29 is 0 Å². The van der Waals surface area contributed by atoms with Crippen molar-refractivity contribution in [2.45, 2.75) is 27.7 Å². The van der Waals surface area contributed by atoms with Crippen LogP contribution in [0.3, 0.4) is 0 Å². The molecule has 3 heteroatoms. The van der Waals surface area contributed by atoms with Crippen molar-refractivity contribution in [3.05, 3.63) is 31.4 Å². The predicted octanol–water partition coefficient (Wildman–Crippen LogP) is 5.47. The summed E-state index contributed by atoms with van der Waals surface area (Å²) >= 11 is 7.32. The van der Waals surface area contributed by atoms with Crippen molar-refractivity contribution in [1.29, 1.82) is 0 Å². The highest BCUT2D eigenvalue weighted by Crippen LogP contribution is 2.43. The van der Waals surface area contributed by atoms with Crippen LogP contribution in [0.5, 0.6) is 0 Å². The second-order valence-corrected chi connectivity index (χ2v) is 7.05. The Hall–Kier alpha value is -0.120. The van der Waals surface area contributed by atoms with E-state index in [0.29, 0.717) is 0 Å². The standard InChI is InChI=1S/C12H13BrS2/c1-6-5-14-10(7(6)2)11-8(3)9(4)12(13)15-11/h5H,1-4H3. The van der Waals surface area contributed by atoms with Crippen molar-refractivity contribution >= 4 is 38.6 Å². The molecule has 0 nitrogen and oxygen atoms in total. The molecule has 0 spiro atoms. The van der Waals surface area contributed by atoms with Crippen LogP contribution in [0.1, 0.15) is 22.3 Å². The van der Waals surface area contributed by atoms with Gasteiger partial charge in [-0.1, -0.05) is 0 Å². The Morgan fingerprint density at radius 1 is 0.933 bits per heavy atom. The Morgan fingerprint density at radius 3 is 2.00 bits per heavy atom. The maximum Gasteiger partial charge on any atom is 0.0737 e. The molecule has 15 heavy (non-hydrogen) atoms. The fourth-order valence-electron chi connectivity index (χ4n) is 1.50. The number of hydrogen-bond acceptors (Lipinski definition) is 2. The second kappa shape index (κ2) is 4.04. The van der Waals surface area contributed by atoms with E-state index in [1.807, 2.05) is 22.7 Å². The Balaban J connectivity index is 2.64. The number of hydrogen-bond donors (Lipinski definition) is 0. The number of rotatable bonds is 1. The van der Waals surface area contributed by atoms with Gasteiger partial charge in [0.25, 0.3) is 0 Å². The van der Waals surface area contributed by atoms with Gasteiger partial charge in [0.1, 0.15) is 0 Å². The molecule has 80 valence electrons. The molecule has 0 unspecified atom stereocenters. The highest BCUT2D eigenvalue weighted by molar-refractivity contribution is 9.11. The molecule has 0 aliphatic heterocycles. The van der Waals surface area contributed by atoms with Gasteiger partial charge in [-0.2, -0.15) is 0 Å². The summed E-state index contributed by atoms with van der Waals surface area (Å²) in [6.07, 6.45) is 0. The molecule has 2 heterocycles. The zero-order valence-corrected chi connectivity index (χ0v) is 12.5. The van der Waals surface area contributed by atoms with Crippen LogP contribution in [-0.4, -0.2) is 0 Å². The first kappa shape index (κ1) is 11.4. The Kier molecular flexibility index (Phi) is 3.06. The van der Waals surface area contributed by atoms with E-state index in [1.54, 1.807) is 0 Å². The first-order valence-corrected chi connectivity index (χ1v) is 7.31. The molecule has 0 N–H and O–H groups in total. The normalized spacial score (nSPS) is 11.0. The van der Waals surface area contributed by atoms with Gasteiger partial charge in [-0.15, -0.1) is 22.7 Å². The van der Waals surface area contributed by atoms with Gasteiger partial charge >= 0.3 is 0 Å². The lowest BCUT2D eigenvalue weighted by Gasteiger charge is -1.99. The second-order valence-electron chi connectivity index (χ2n) is 3.83. The SMILES string of the molecule is Cc1csc(-c2sc(Br)c(C)c2C)c1C. The van der Waals surface area contributed by atoms with Crippen LogP contribution in [-0.2, 0) is 0 Å². The van der Waals surface area contributed by atoms with E-state index in [1.165, 1.54) is 35.8 Å². The topological polar surface area (TPSA) is 0 Å². The molecule has 2 aromatic rings. The van der Waals surface area contributed by atoms with Crippen molar-refractivity contribution in [2.75, 3.05) is 0 Å². The van der Waals surface area contributed by atoms with E-state index in [0.717, 1.165) is 0 Å². The molecule has 0 aromatic carbocycles. The van der Waals surface area contributed by atoms with Crippen LogP contribution < -0.4 is 0 Å². The molecule has 0 amide bonds. The Morgan fingerprint density at radius 2 is 1.60 bits per heavy atom. The third-order valence-corrected chi connectivity index (χ3v) is 6.51. The minimum absolute atomic E-state index is 1.26. The van der Waals surface area contributed by atoms with E-state index in [-0.39, 0.29) is 0 Å². The van der Waals surface area contributed by atoms with E-state index in [4.69, 9.17) is 0 Å². The molecule has 2 aromatic heterocycles. The van der Waals surface area contributed by atoms with Crippen molar-refractivity contribution in [3.63, 3.8) is 0 Å². The van der Waals surface area contributed by atoms with E-state index in [2.05, 4.69) is 49.0 Å². The van der Waals surface area contributed by atoms with Gasteiger partial charge in [0.05, 0.1) is 3.79 Å². The molecule has 2 rings (SSSR count). The monoisotopic (exact) mass is 300 g/mol. The summed E-state index contributed by atoms with van der Waals surface area (Å²) in [4.78, 5) is 2.86. The molecule has 0 saturated heterocycles. The lowest BCUT2D eigenvalue weighted by Crippen LogP contribution is -1.78. The van der Waals surface area contributed by atoms with E-state index < -0.39 is 0 Å². The fourth-order valence-corrected chi connectivity index (χ4v) is 4.66. The largest absolute Gasteiger partial charge is 0.142 e. The average Bonchev–Trinajstić information content (AvgIpc) is 2.64. The number of halogens is 1. The van der Waals surface area contributed by atoms with Gasteiger partial charge in [-0.05, 0) is 71.3 Å². The highest BCUT2D eigenvalue weighted by atomic mass is 79.9. The first-order chi connectivity index (χ1) is 7.02. The van der Waals surface area contributed by atoms with Crippen molar-refractivity contribution in [1.82, 2.24) is 0 Å². The molecule has 0 radical (unpaired) electrons. The minimum Gasteiger partial charge on any atom is -0.142 e.